The van der Waals surface area contributed by atoms with Crippen LogP contribution in [0.5, 0.6) is 0 Å². The Bertz CT molecular complexity index is 583. The van der Waals surface area contributed by atoms with Crippen LogP contribution in [0.15, 0.2) is 24.3 Å². The predicted octanol–water partition coefficient (Wildman–Crippen LogP) is 3.00. The zero-order valence-corrected chi connectivity index (χ0v) is 15.1. The lowest BCUT2D eigenvalue weighted by atomic mass is 9.89. The molecule has 1 aromatic carbocycles. The SMILES string of the molecule is Cc1ccc(C2OCCCC2CNC(=O)C2CC(F)(F)CN2)cc1.Cl. The molecule has 140 valence electrons. The van der Waals surface area contributed by atoms with Gasteiger partial charge in [0.1, 0.15) is 0 Å². The highest BCUT2D eigenvalue weighted by Gasteiger charge is 2.42. The molecule has 0 saturated carbocycles. The molecule has 0 spiro atoms. The van der Waals surface area contributed by atoms with Gasteiger partial charge in [-0.15, -0.1) is 12.4 Å². The molecule has 4 nitrogen and oxygen atoms in total. The first kappa shape index (κ1) is 20.1. The lowest BCUT2D eigenvalue weighted by Gasteiger charge is -2.32. The van der Waals surface area contributed by atoms with E-state index in [1.54, 1.807) is 0 Å². The van der Waals surface area contributed by atoms with Crippen molar-refractivity contribution in [3.05, 3.63) is 35.4 Å². The Hall–Kier alpha value is -1.24. The number of amides is 1. The van der Waals surface area contributed by atoms with Crippen molar-refractivity contribution in [3.8, 4) is 0 Å². The molecule has 1 amide bonds. The average Bonchev–Trinajstić information content (AvgIpc) is 2.94. The number of carbonyl (C=O) groups excluding carboxylic acids is 1. The quantitative estimate of drug-likeness (QED) is 0.851. The van der Waals surface area contributed by atoms with E-state index in [0.717, 1.165) is 18.4 Å². The molecular weight excluding hydrogens is 350 g/mol. The molecular formula is C18H25ClF2N2O2. The number of carbonyl (C=O) groups is 1. The molecule has 2 N–H and O–H groups in total. The van der Waals surface area contributed by atoms with E-state index in [1.165, 1.54) is 5.56 Å². The average molecular weight is 375 g/mol. The van der Waals surface area contributed by atoms with Gasteiger partial charge < -0.3 is 10.1 Å². The molecule has 2 saturated heterocycles. The van der Waals surface area contributed by atoms with Gasteiger partial charge in [0, 0.05) is 25.5 Å². The first-order valence-electron chi connectivity index (χ1n) is 8.52. The molecule has 2 fully saturated rings. The molecule has 2 aliphatic heterocycles. The van der Waals surface area contributed by atoms with Crippen molar-refractivity contribution in [2.75, 3.05) is 19.7 Å². The van der Waals surface area contributed by atoms with Crippen molar-refractivity contribution >= 4 is 18.3 Å². The van der Waals surface area contributed by atoms with Crippen LogP contribution in [0.1, 0.15) is 36.5 Å². The fourth-order valence-corrected chi connectivity index (χ4v) is 3.43. The first-order valence-corrected chi connectivity index (χ1v) is 8.52. The number of benzene rings is 1. The Morgan fingerprint density at radius 2 is 2.08 bits per heavy atom. The second-order valence-electron chi connectivity index (χ2n) is 6.84. The lowest BCUT2D eigenvalue weighted by molar-refractivity contribution is -0.124. The number of halogens is 3. The zero-order chi connectivity index (χ0) is 17.2. The van der Waals surface area contributed by atoms with Crippen LogP contribution in [0.3, 0.4) is 0 Å². The van der Waals surface area contributed by atoms with Gasteiger partial charge in [0.2, 0.25) is 5.91 Å². The Labute approximate surface area is 153 Å². The number of hydrogen-bond acceptors (Lipinski definition) is 3. The second kappa shape index (κ2) is 8.43. The number of aryl methyl sites for hydroxylation is 1. The molecule has 0 radical (unpaired) electrons. The van der Waals surface area contributed by atoms with Gasteiger partial charge in [-0.05, 0) is 25.3 Å². The molecule has 0 aliphatic carbocycles. The number of rotatable bonds is 4. The van der Waals surface area contributed by atoms with Crippen LogP contribution >= 0.6 is 12.4 Å². The van der Waals surface area contributed by atoms with E-state index in [2.05, 4.69) is 22.8 Å². The first-order chi connectivity index (χ1) is 11.4. The molecule has 7 heteroatoms. The van der Waals surface area contributed by atoms with Crippen molar-refractivity contribution < 1.29 is 18.3 Å². The Morgan fingerprint density at radius 1 is 1.36 bits per heavy atom. The normalized spacial score (nSPS) is 28.2. The summed E-state index contributed by atoms with van der Waals surface area (Å²) in [6, 6.07) is 7.40. The number of ether oxygens (including phenoxy) is 1. The van der Waals surface area contributed by atoms with E-state index in [4.69, 9.17) is 4.74 Å². The summed E-state index contributed by atoms with van der Waals surface area (Å²) in [4.78, 5) is 12.1. The highest BCUT2D eigenvalue weighted by atomic mass is 35.5. The summed E-state index contributed by atoms with van der Waals surface area (Å²) in [5.41, 5.74) is 2.29. The van der Waals surface area contributed by atoms with Crippen LogP contribution in [-0.4, -0.2) is 37.6 Å². The van der Waals surface area contributed by atoms with Crippen LogP contribution in [-0.2, 0) is 9.53 Å². The van der Waals surface area contributed by atoms with E-state index in [9.17, 15) is 13.6 Å². The zero-order valence-electron chi connectivity index (χ0n) is 14.3. The Morgan fingerprint density at radius 3 is 2.72 bits per heavy atom. The van der Waals surface area contributed by atoms with E-state index in [-0.39, 0.29) is 30.3 Å². The van der Waals surface area contributed by atoms with E-state index >= 15 is 0 Å². The van der Waals surface area contributed by atoms with Crippen molar-refractivity contribution in [3.63, 3.8) is 0 Å². The van der Waals surface area contributed by atoms with Crippen LogP contribution in [0.4, 0.5) is 8.78 Å². The minimum absolute atomic E-state index is 0. The van der Waals surface area contributed by atoms with Gasteiger partial charge in [0.15, 0.2) is 0 Å². The summed E-state index contributed by atoms with van der Waals surface area (Å²) in [5, 5.41) is 5.42. The fraction of sp³-hybridized carbons (Fsp3) is 0.611. The smallest absolute Gasteiger partial charge is 0.262 e. The van der Waals surface area contributed by atoms with E-state index < -0.39 is 24.9 Å². The standard InChI is InChI=1S/C18H24F2N2O2.ClH/c1-12-4-6-13(7-5-12)16-14(3-2-8-24-16)10-21-17(23)15-9-18(19,20)11-22-15;/h4-7,14-16,22H,2-3,8-11H2,1H3,(H,21,23);1H. The monoisotopic (exact) mass is 374 g/mol. The Kier molecular flexibility index (Phi) is 6.77. The molecule has 3 unspecified atom stereocenters. The maximum Gasteiger partial charge on any atom is 0.262 e. The third-order valence-electron chi connectivity index (χ3n) is 4.82. The van der Waals surface area contributed by atoms with Gasteiger partial charge in [0.05, 0.1) is 18.7 Å². The number of nitrogens with one attached hydrogen (secondary N) is 2. The molecule has 2 aliphatic rings. The summed E-state index contributed by atoms with van der Waals surface area (Å²) >= 11 is 0. The van der Waals surface area contributed by atoms with Crippen molar-refractivity contribution in [1.82, 2.24) is 10.6 Å². The topological polar surface area (TPSA) is 50.4 Å². The second-order valence-corrected chi connectivity index (χ2v) is 6.84. The molecule has 3 atom stereocenters. The summed E-state index contributed by atoms with van der Waals surface area (Å²) in [7, 11) is 0. The number of hydrogen-bond donors (Lipinski definition) is 2. The van der Waals surface area contributed by atoms with Crippen LogP contribution in [0.2, 0.25) is 0 Å². The van der Waals surface area contributed by atoms with Gasteiger partial charge in [-0.1, -0.05) is 29.8 Å². The summed E-state index contributed by atoms with van der Waals surface area (Å²) in [6.45, 7) is 2.76. The third kappa shape index (κ3) is 5.12. The summed E-state index contributed by atoms with van der Waals surface area (Å²) in [5.74, 6) is -2.98. The van der Waals surface area contributed by atoms with Gasteiger partial charge in [-0.2, -0.15) is 0 Å². The summed E-state index contributed by atoms with van der Waals surface area (Å²) in [6.07, 6.45) is 1.41. The minimum Gasteiger partial charge on any atom is -0.373 e. The van der Waals surface area contributed by atoms with Gasteiger partial charge in [0.25, 0.3) is 5.92 Å². The third-order valence-corrected chi connectivity index (χ3v) is 4.82. The predicted molar refractivity (Wildman–Crippen MR) is 94.2 cm³/mol. The maximum absolute atomic E-state index is 13.2. The van der Waals surface area contributed by atoms with Gasteiger partial charge >= 0.3 is 0 Å². The highest BCUT2D eigenvalue weighted by Crippen LogP contribution is 2.33. The van der Waals surface area contributed by atoms with Crippen molar-refractivity contribution in [2.24, 2.45) is 5.92 Å². The molecule has 25 heavy (non-hydrogen) atoms. The van der Waals surface area contributed by atoms with Crippen molar-refractivity contribution in [2.45, 2.75) is 44.3 Å². The molecule has 0 aromatic heterocycles. The molecule has 1 aromatic rings. The van der Waals surface area contributed by atoms with Crippen LogP contribution in [0.25, 0.3) is 0 Å². The highest BCUT2D eigenvalue weighted by molar-refractivity contribution is 5.85. The largest absolute Gasteiger partial charge is 0.373 e. The van der Waals surface area contributed by atoms with E-state index in [0.29, 0.717) is 13.2 Å². The fourth-order valence-electron chi connectivity index (χ4n) is 3.43. The van der Waals surface area contributed by atoms with Crippen molar-refractivity contribution in [1.29, 1.82) is 0 Å². The number of alkyl halides is 2. The van der Waals surface area contributed by atoms with E-state index in [1.807, 2.05) is 19.1 Å². The molecule has 2 heterocycles. The molecule has 3 rings (SSSR count). The van der Waals surface area contributed by atoms with Crippen LogP contribution < -0.4 is 10.6 Å². The lowest BCUT2D eigenvalue weighted by Crippen LogP contribution is -2.43. The summed E-state index contributed by atoms with van der Waals surface area (Å²) < 4.78 is 32.3. The van der Waals surface area contributed by atoms with Gasteiger partial charge in [-0.3, -0.25) is 10.1 Å². The van der Waals surface area contributed by atoms with Gasteiger partial charge in [-0.25, -0.2) is 8.78 Å². The van der Waals surface area contributed by atoms with Crippen LogP contribution in [0, 0.1) is 12.8 Å². The minimum atomic E-state index is -2.79. The molecule has 0 bridgehead atoms. The Balaban J connectivity index is 0.00000225. The maximum atomic E-state index is 13.2.